The van der Waals surface area contributed by atoms with E-state index in [1.165, 1.54) is 15.6 Å². The van der Waals surface area contributed by atoms with Gasteiger partial charge in [-0.1, -0.05) is 42.0 Å². The number of esters is 1. The Labute approximate surface area is 210 Å². The predicted molar refractivity (Wildman–Crippen MR) is 132 cm³/mol. The van der Waals surface area contributed by atoms with E-state index in [1.54, 1.807) is 21.0 Å². The first-order valence-electron chi connectivity index (χ1n) is 11.8. The quantitative estimate of drug-likeness (QED) is 0.487. The number of fused-ring (bicyclic) bond motifs is 1. The van der Waals surface area contributed by atoms with Crippen molar-refractivity contribution in [2.75, 3.05) is 13.7 Å². The second-order valence-corrected chi connectivity index (χ2v) is 8.98. The maximum atomic E-state index is 13.7. The normalized spacial score (nSPS) is 16.9. The molecule has 1 atom stereocenters. The number of benzene rings is 2. The van der Waals surface area contributed by atoms with Crippen molar-refractivity contribution in [3.05, 3.63) is 82.7 Å². The molecule has 0 saturated heterocycles. The summed E-state index contributed by atoms with van der Waals surface area (Å²) >= 11 is 0. The molecule has 0 bridgehead atoms. The SMILES string of the molecule is CCOC(=O)c1cc2n(n1)C[C@@](C)(C(=O)NCc1ccc(C)cc1)N(Cc1cccc(OC)c1)C2=O. The molecule has 0 spiro atoms. The highest BCUT2D eigenvalue weighted by atomic mass is 16.5. The number of nitrogens with one attached hydrogen (secondary N) is 1. The van der Waals surface area contributed by atoms with Crippen molar-refractivity contribution in [3.63, 3.8) is 0 Å². The lowest BCUT2D eigenvalue weighted by Crippen LogP contribution is -2.63. The van der Waals surface area contributed by atoms with Crippen molar-refractivity contribution in [1.29, 1.82) is 0 Å². The fourth-order valence-corrected chi connectivity index (χ4v) is 4.23. The molecule has 188 valence electrons. The Balaban J connectivity index is 1.67. The molecule has 9 heteroatoms. The van der Waals surface area contributed by atoms with Crippen LogP contribution in [0.3, 0.4) is 0 Å². The van der Waals surface area contributed by atoms with Crippen LogP contribution in [0.1, 0.15) is 51.5 Å². The summed E-state index contributed by atoms with van der Waals surface area (Å²) in [5.74, 6) is -0.688. The fourth-order valence-electron chi connectivity index (χ4n) is 4.23. The number of carbonyl (C=O) groups excluding carboxylic acids is 3. The Morgan fingerprint density at radius 1 is 1.11 bits per heavy atom. The van der Waals surface area contributed by atoms with Crippen molar-refractivity contribution < 1.29 is 23.9 Å². The van der Waals surface area contributed by atoms with Gasteiger partial charge in [0.25, 0.3) is 5.91 Å². The third kappa shape index (κ3) is 4.95. The zero-order chi connectivity index (χ0) is 25.9. The standard InChI is InChI=1S/C27H30N4O5/c1-5-36-25(33)22-14-23-24(32)30(16-20-7-6-8-21(13-20)35-4)27(3,17-31(23)29-22)26(34)28-15-19-11-9-18(2)10-12-19/h6-14H,5,15-17H2,1-4H3,(H,28,34)/t27-/m0/s1. The fraction of sp³-hybridized carbons (Fsp3) is 0.333. The molecule has 0 aliphatic carbocycles. The van der Waals surface area contributed by atoms with Crippen molar-refractivity contribution in [1.82, 2.24) is 20.0 Å². The Bertz CT molecular complexity index is 1280. The second kappa shape index (κ2) is 10.2. The summed E-state index contributed by atoms with van der Waals surface area (Å²) in [5.41, 5.74) is 1.87. The summed E-state index contributed by atoms with van der Waals surface area (Å²) in [5, 5.41) is 7.27. The van der Waals surface area contributed by atoms with Crippen molar-refractivity contribution in [2.24, 2.45) is 0 Å². The van der Waals surface area contributed by atoms with E-state index in [4.69, 9.17) is 9.47 Å². The average Bonchev–Trinajstić information content (AvgIpc) is 3.30. The number of nitrogens with zero attached hydrogens (tertiary/aromatic N) is 3. The molecule has 4 rings (SSSR count). The molecule has 0 unspecified atom stereocenters. The monoisotopic (exact) mass is 490 g/mol. The number of rotatable bonds is 8. The lowest BCUT2D eigenvalue weighted by molar-refractivity contribution is -0.133. The van der Waals surface area contributed by atoms with Crippen molar-refractivity contribution in [3.8, 4) is 5.75 Å². The third-order valence-corrected chi connectivity index (χ3v) is 6.32. The van der Waals surface area contributed by atoms with Crippen molar-refractivity contribution in [2.45, 2.75) is 45.9 Å². The molecule has 1 N–H and O–H groups in total. The lowest BCUT2D eigenvalue weighted by atomic mass is 9.94. The van der Waals surface area contributed by atoms with Gasteiger partial charge in [-0.15, -0.1) is 0 Å². The highest BCUT2D eigenvalue weighted by molar-refractivity contribution is 6.01. The zero-order valence-corrected chi connectivity index (χ0v) is 20.9. The molecular weight excluding hydrogens is 460 g/mol. The molecule has 9 nitrogen and oxygen atoms in total. The van der Waals surface area contributed by atoms with Crippen LogP contribution in [0.4, 0.5) is 0 Å². The van der Waals surface area contributed by atoms with Crippen LogP contribution in [0.5, 0.6) is 5.75 Å². The number of hydrogen-bond donors (Lipinski definition) is 1. The maximum Gasteiger partial charge on any atom is 0.358 e. The molecule has 0 fully saturated rings. The predicted octanol–water partition coefficient (Wildman–Crippen LogP) is 3.11. The first-order chi connectivity index (χ1) is 17.2. The van der Waals surface area contributed by atoms with Gasteiger partial charge < -0.3 is 19.7 Å². The topological polar surface area (TPSA) is 103 Å². The van der Waals surface area contributed by atoms with Crippen LogP contribution in [0.15, 0.2) is 54.6 Å². The number of hydrogen-bond acceptors (Lipinski definition) is 6. The van der Waals surface area contributed by atoms with Gasteiger partial charge in [0.2, 0.25) is 5.91 Å². The zero-order valence-electron chi connectivity index (χ0n) is 20.9. The van der Waals surface area contributed by atoms with Crippen LogP contribution >= 0.6 is 0 Å². The van der Waals surface area contributed by atoms with E-state index in [9.17, 15) is 14.4 Å². The van der Waals surface area contributed by atoms with Gasteiger partial charge in [-0.2, -0.15) is 5.10 Å². The summed E-state index contributed by atoms with van der Waals surface area (Å²) in [6.45, 7) is 6.17. The summed E-state index contributed by atoms with van der Waals surface area (Å²) < 4.78 is 11.8. The van der Waals surface area contributed by atoms with E-state index >= 15 is 0 Å². The highest BCUT2D eigenvalue weighted by Crippen LogP contribution is 2.30. The summed E-state index contributed by atoms with van der Waals surface area (Å²) in [7, 11) is 1.57. The molecule has 1 aliphatic heterocycles. The third-order valence-electron chi connectivity index (χ3n) is 6.32. The minimum atomic E-state index is -1.27. The number of carbonyl (C=O) groups is 3. The Morgan fingerprint density at radius 2 is 1.86 bits per heavy atom. The molecular formula is C27H30N4O5. The van der Waals surface area contributed by atoms with Gasteiger partial charge in [0.15, 0.2) is 5.69 Å². The maximum absolute atomic E-state index is 13.7. The summed E-state index contributed by atoms with van der Waals surface area (Å²) in [6, 6.07) is 16.6. The van der Waals surface area contributed by atoms with Crippen LogP contribution in [0.2, 0.25) is 0 Å². The first-order valence-corrected chi connectivity index (χ1v) is 11.8. The van der Waals surface area contributed by atoms with Crippen LogP contribution in [-0.4, -0.2) is 51.7 Å². The van der Waals surface area contributed by atoms with E-state index < -0.39 is 17.4 Å². The van der Waals surface area contributed by atoms with E-state index in [0.29, 0.717) is 12.3 Å². The molecule has 2 heterocycles. The van der Waals surface area contributed by atoms with E-state index in [-0.39, 0.29) is 37.0 Å². The highest BCUT2D eigenvalue weighted by Gasteiger charge is 2.48. The number of aromatic nitrogens is 2. The summed E-state index contributed by atoms with van der Waals surface area (Å²) in [6.07, 6.45) is 0. The van der Waals surface area contributed by atoms with E-state index in [1.807, 2.05) is 55.5 Å². The van der Waals surface area contributed by atoms with Gasteiger partial charge in [-0.05, 0) is 44.0 Å². The number of ether oxygens (including phenoxy) is 2. The molecule has 1 aromatic heterocycles. The number of amides is 2. The Hall–Kier alpha value is -4.14. The minimum Gasteiger partial charge on any atom is -0.497 e. The van der Waals surface area contributed by atoms with Gasteiger partial charge in [-0.25, -0.2) is 4.79 Å². The Morgan fingerprint density at radius 3 is 2.56 bits per heavy atom. The van der Waals surface area contributed by atoms with Gasteiger partial charge in [0, 0.05) is 19.2 Å². The molecule has 36 heavy (non-hydrogen) atoms. The Kier molecular flexibility index (Phi) is 7.10. The summed E-state index contributed by atoms with van der Waals surface area (Å²) in [4.78, 5) is 41.1. The van der Waals surface area contributed by atoms with Crippen LogP contribution < -0.4 is 10.1 Å². The van der Waals surface area contributed by atoms with Crippen LogP contribution in [0.25, 0.3) is 0 Å². The second-order valence-electron chi connectivity index (χ2n) is 8.98. The lowest BCUT2D eigenvalue weighted by Gasteiger charge is -2.43. The van der Waals surface area contributed by atoms with E-state index in [2.05, 4.69) is 10.4 Å². The smallest absolute Gasteiger partial charge is 0.358 e. The first kappa shape index (κ1) is 25.0. The molecule has 3 aromatic rings. The number of methoxy groups -OCH3 is 1. The van der Waals surface area contributed by atoms with Gasteiger partial charge >= 0.3 is 5.97 Å². The molecule has 2 amide bonds. The van der Waals surface area contributed by atoms with Gasteiger partial charge in [0.1, 0.15) is 17.0 Å². The van der Waals surface area contributed by atoms with Crippen LogP contribution in [-0.2, 0) is 29.2 Å². The molecule has 0 saturated carbocycles. The minimum absolute atomic E-state index is 0.0332. The molecule has 1 aliphatic rings. The van der Waals surface area contributed by atoms with Gasteiger partial charge in [-0.3, -0.25) is 14.3 Å². The van der Waals surface area contributed by atoms with Crippen LogP contribution in [0, 0.1) is 6.92 Å². The molecule has 0 radical (unpaired) electrons. The largest absolute Gasteiger partial charge is 0.497 e. The van der Waals surface area contributed by atoms with E-state index in [0.717, 1.165) is 16.7 Å². The van der Waals surface area contributed by atoms with Gasteiger partial charge in [0.05, 0.1) is 20.3 Å². The average molecular weight is 491 g/mol. The number of aryl methyl sites for hydroxylation is 1. The molecule has 2 aromatic carbocycles. The van der Waals surface area contributed by atoms with Crippen molar-refractivity contribution >= 4 is 17.8 Å².